The summed E-state index contributed by atoms with van der Waals surface area (Å²) >= 11 is 0. The Labute approximate surface area is 118 Å². The molecule has 0 atom stereocenters. The van der Waals surface area contributed by atoms with Gasteiger partial charge in [0.15, 0.2) is 0 Å². The number of imidazole rings is 1. The number of hydrogen-bond acceptors (Lipinski definition) is 2. The van der Waals surface area contributed by atoms with Crippen LogP contribution in [0.2, 0.25) is 0 Å². The Bertz CT molecular complexity index is 617. The maximum atomic E-state index is 11.4. The van der Waals surface area contributed by atoms with Crippen LogP contribution in [0.5, 0.6) is 0 Å². The molecule has 1 aromatic heterocycles. The minimum Gasteiger partial charge on any atom is -0.464 e. The van der Waals surface area contributed by atoms with Crippen LogP contribution in [-0.2, 0) is 6.42 Å². The molecule has 108 valence electrons. The van der Waals surface area contributed by atoms with E-state index in [1.807, 2.05) is 26.0 Å². The van der Waals surface area contributed by atoms with Crippen LogP contribution in [-0.4, -0.2) is 26.9 Å². The van der Waals surface area contributed by atoms with E-state index in [-0.39, 0.29) is 6.04 Å². The van der Waals surface area contributed by atoms with E-state index in [0.29, 0.717) is 5.92 Å². The SMILES string of the molecule is CC(C)Cc1cccc2c1ncn2N(C(=O)O)C(C)C. The molecule has 2 aromatic rings. The third-order valence-electron chi connectivity index (χ3n) is 3.19. The first kappa shape index (κ1) is 14.4. The van der Waals surface area contributed by atoms with E-state index in [1.165, 1.54) is 5.01 Å². The molecule has 0 unspecified atom stereocenters. The Balaban J connectivity index is 2.54. The molecule has 5 heteroatoms. The van der Waals surface area contributed by atoms with E-state index in [1.54, 1.807) is 11.0 Å². The topological polar surface area (TPSA) is 58.4 Å². The molecule has 0 aliphatic carbocycles. The van der Waals surface area contributed by atoms with Crippen molar-refractivity contribution in [1.82, 2.24) is 9.66 Å². The molecule has 0 saturated carbocycles. The van der Waals surface area contributed by atoms with Gasteiger partial charge in [0.25, 0.3) is 0 Å². The number of carboxylic acid groups (broad SMARTS) is 1. The summed E-state index contributed by atoms with van der Waals surface area (Å²) in [7, 11) is 0. The quantitative estimate of drug-likeness (QED) is 0.931. The lowest BCUT2D eigenvalue weighted by molar-refractivity contribution is 0.192. The number of hydrogen-bond donors (Lipinski definition) is 1. The second-order valence-corrected chi connectivity index (χ2v) is 5.69. The molecule has 0 aliphatic rings. The molecular formula is C15H21N3O2. The van der Waals surface area contributed by atoms with E-state index in [4.69, 9.17) is 0 Å². The van der Waals surface area contributed by atoms with Crippen LogP contribution in [0, 0.1) is 5.92 Å². The Morgan fingerprint density at radius 2 is 2.05 bits per heavy atom. The van der Waals surface area contributed by atoms with Gasteiger partial charge in [-0.2, -0.15) is 0 Å². The molecule has 1 heterocycles. The van der Waals surface area contributed by atoms with Crippen molar-refractivity contribution in [2.45, 2.75) is 40.2 Å². The molecule has 20 heavy (non-hydrogen) atoms. The summed E-state index contributed by atoms with van der Waals surface area (Å²) < 4.78 is 1.62. The smallest absolute Gasteiger partial charge is 0.426 e. The van der Waals surface area contributed by atoms with Gasteiger partial charge in [0, 0.05) is 0 Å². The zero-order valence-corrected chi connectivity index (χ0v) is 12.4. The molecule has 2 rings (SSSR count). The summed E-state index contributed by atoms with van der Waals surface area (Å²) in [4.78, 5) is 15.8. The molecule has 5 nitrogen and oxygen atoms in total. The summed E-state index contributed by atoms with van der Waals surface area (Å²) in [6, 6.07) is 5.77. The Hall–Kier alpha value is -2.04. The second kappa shape index (κ2) is 5.53. The number of amides is 1. The Kier molecular flexibility index (Phi) is 3.97. The first-order chi connectivity index (χ1) is 9.41. The number of benzene rings is 1. The van der Waals surface area contributed by atoms with Crippen molar-refractivity contribution < 1.29 is 9.90 Å². The molecule has 0 saturated heterocycles. The van der Waals surface area contributed by atoms with Gasteiger partial charge in [-0.05, 0) is 37.8 Å². The molecule has 0 aliphatic heterocycles. The minimum absolute atomic E-state index is 0.154. The van der Waals surface area contributed by atoms with Crippen LogP contribution in [0.15, 0.2) is 24.5 Å². The number of para-hydroxylation sites is 1. The van der Waals surface area contributed by atoms with Crippen LogP contribution in [0.3, 0.4) is 0 Å². The van der Waals surface area contributed by atoms with Crippen molar-refractivity contribution in [2.75, 3.05) is 5.01 Å². The first-order valence-corrected chi connectivity index (χ1v) is 6.89. The fourth-order valence-corrected chi connectivity index (χ4v) is 2.42. The van der Waals surface area contributed by atoms with Gasteiger partial charge < -0.3 is 5.11 Å². The lowest BCUT2D eigenvalue weighted by Gasteiger charge is -2.24. The van der Waals surface area contributed by atoms with Gasteiger partial charge in [-0.3, -0.25) is 0 Å². The summed E-state index contributed by atoms with van der Waals surface area (Å²) in [5.74, 6) is 0.534. The van der Waals surface area contributed by atoms with Crippen LogP contribution < -0.4 is 5.01 Å². The summed E-state index contributed by atoms with van der Waals surface area (Å²) in [5.41, 5.74) is 2.87. The number of aromatic nitrogens is 2. The average molecular weight is 275 g/mol. The molecule has 1 N–H and O–H groups in total. The Morgan fingerprint density at radius 1 is 1.35 bits per heavy atom. The third kappa shape index (κ3) is 2.61. The van der Waals surface area contributed by atoms with Gasteiger partial charge in [-0.1, -0.05) is 26.0 Å². The number of rotatable bonds is 4. The van der Waals surface area contributed by atoms with Gasteiger partial charge in [-0.15, -0.1) is 0 Å². The van der Waals surface area contributed by atoms with E-state index in [9.17, 15) is 9.90 Å². The summed E-state index contributed by atoms with van der Waals surface area (Å²) in [6.07, 6.45) is 1.54. The van der Waals surface area contributed by atoms with Gasteiger partial charge in [0.05, 0.1) is 17.1 Å². The highest BCUT2D eigenvalue weighted by atomic mass is 16.4. The van der Waals surface area contributed by atoms with Crippen LogP contribution in [0.1, 0.15) is 33.3 Å². The molecule has 0 fully saturated rings. The molecule has 0 spiro atoms. The highest BCUT2D eigenvalue weighted by molar-refractivity contribution is 5.84. The van der Waals surface area contributed by atoms with Crippen molar-refractivity contribution >= 4 is 17.1 Å². The van der Waals surface area contributed by atoms with Crippen LogP contribution >= 0.6 is 0 Å². The highest BCUT2D eigenvalue weighted by Crippen LogP contribution is 2.21. The van der Waals surface area contributed by atoms with Crippen LogP contribution in [0.4, 0.5) is 4.79 Å². The van der Waals surface area contributed by atoms with E-state index in [2.05, 4.69) is 24.9 Å². The van der Waals surface area contributed by atoms with Crippen molar-refractivity contribution in [2.24, 2.45) is 5.92 Å². The van der Waals surface area contributed by atoms with E-state index >= 15 is 0 Å². The fourth-order valence-electron chi connectivity index (χ4n) is 2.42. The number of nitrogens with zero attached hydrogens (tertiary/aromatic N) is 3. The maximum Gasteiger partial charge on any atom is 0.426 e. The normalized spacial score (nSPS) is 11.5. The molecule has 1 amide bonds. The van der Waals surface area contributed by atoms with Gasteiger partial charge in [-0.25, -0.2) is 19.5 Å². The second-order valence-electron chi connectivity index (χ2n) is 5.69. The molecule has 0 radical (unpaired) electrons. The van der Waals surface area contributed by atoms with Crippen molar-refractivity contribution in [3.05, 3.63) is 30.1 Å². The van der Waals surface area contributed by atoms with Crippen LogP contribution in [0.25, 0.3) is 11.0 Å². The fraction of sp³-hybridized carbons (Fsp3) is 0.467. The first-order valence-electron chi connectivity index (χ1n) is 6.89. The zero-order valence-electron chi connectivity index (χ0n) is 12.4. The largest absolute Gasteiger partial charge is 0.464 e. The lowest BCUT2D eigenvalue weighted by Crippen LogP contribution is -2.44. The predicted octanol–water partition coefficient (Wildman–Crippen LogP) is 3.26. The van der Waals surface area contributed by atoms with Gasteiger partial charge in [0.2, 0.25) is 0 Å². The third-order valence-corrected chi connectivity index (χ3v) is 3.19. The highest BCUT2D eigenvalue weighted by Gasteiger charge is 2.20. The average Bonchev–Trinajstić information content (AvgIpc) is 2.73. The summed E-state index contributed by atoms with van der Waals surface area (Å²) in [5, 5.41) is 10.7. The molecular weight excluding hydrogens is 254 g/mol. The van der Waals surface area contributed by atoms with Crippen molar-refractivity contribution in [1.29, 1.82) is 0 Å². The number of carbonyl (C=O) groups is 1. The maximum absolute atomic E-state index is 11.4. The van der Waals surface area contributed by atoms with E-state index < -0.39 is 6.09 Å². The van der Waals surface area contributed by atoms with Gasteiger partial charge >= 0.3 is 6.09 Å². The standard InChI is InChI=1S/C15H21N3O2/c1-10(2)8-12-6-5-7-13-14(12)16-9-17(13)18(11(3)4)15(19)20/h5-7,9-11H,8H2,1-4H3,(H,19,20). The monoisotopic (exact) mass is 275 g/mol. The number of fused-ring (bicyclic) bond motifs is 1. The Morgan fingerprint density at radius 3 is 2.60 bits per heavy atom. The predicted molar refractivity (Wildman–Crippen MR) is 79.7 cm³/mol. The summed E-state index contributed by atoms with van der Waals surface area (Å²) in [6.45, 7) is 8.01. The van der Waals surface area contributed by atoms with Crippen molar-refractivity contribution in [3.63, 3.8) is 0 Å². The van der Waals surface area contributed by atoms with Crippen molar-refractivity contribution in [3.8, 4) is 0 Å². The van der Waals surface area contributed by atoms with E-state index in [0.717, 1.165) is 23.0 Å². The lowest BCUT2D eigenvalue weighted by atomic mass is 10.0. The molecule has 0 bridgehead atoms. The molecule has 1 aromatic carbocycles. The minimum atomic E-state index is -0.978. The van der Waals surface area contributed by atoms with Gasteiger partial charge in [0.1, 0.15) is 6.33 Å². The zero-order chi connectivity index (χ0) is 14.9.